The lowest BCUT2D eigenvalue weighted by Crippen LogP contribution is -2.37. The van der Waals surface area contributed by atoms with Gasteiger partial charge < -0.3 is 18.8 Å². The van der Waals surface area contributed by atoms with Crippen molar-refractivity contribution in [1.29, 1.82) is 0 Å². The minimum Gasteiger partial charge on any atom is -0.489 e. The number of aliphatic hydroxyl groups is 1. The molecule has 0 saturated carbocycles. The number of rotatable bonds is 14. The minimum atomic E-state index is -4.08. The summed E-state index contributed by atoms with van der Waals surface area (Å²) in [4.78, 5) is 13.0. The maximum Gasteiger partial charge on any atom is 0.385 e. The van der Waals surface area contributed by atoms with Crippen LogP contribution in [-0.4, -0.2) is 60.6 Å². The standard InChI is InChI=1S/C39H46N4O7S/c1-5-48-38(45)21-35(34-14-15-36-39(28(34)4)40-41-43(36)18-17-26(2)24-44)30-12-11-27(3)31(19-30)22-42-23-32-20-33(13-16-37(32)50-51(42,46)47)49-25-29-9-7-6-8-10-29/h6-16,19-20,26,35-36,39,44H,5,17-18,21-25H2,1-4H3/t26-,35?,36?,39?/m1/s1. The molecule has 6 rings (SSSR count). The van der Waals surface area contributed by atoms with Gasteiger partial charge in [-0.25, -0.2) is 0 Å². The van der Waals surface area contributed by atoms with Crippen molar-refractivity contribution in [3.05, 3.63) is 118 Å². The maximum atomic E-state index is 13.4. The average Bonchev–Trinajstić information content (AvgIpc) is 3.54. The van der Waals surface area contributed by atoms with Crippen molar-refractivity contribution in [2.75, 3.05) is 19.8 Å². The second-order valence-electron chi connectivity index (χ2n) is 13.5. The zero-order valence-electron chi connectivity index (χ0n) is 29.6. The topological polar surface area (TPSA) is 130 Å². The Morgan fingerprint density at radius 1 is 1.10 bits per heavy atom. The van der Waals surface area contributed by atoms with Gasteiger partial charge in [-0.3, -0.25) is 9.80 Å². The molecular weight excluding hydrogens is 669 g/mol. The molecular formula is C39H46N4O7S. The van der Waals surface area contributed by atoms with Crippen LogP contribution in [0, 0.1) is 12.8 Å². The number of allylic oxidation sites excluding steroid dienone is 2. The van der Waals surface area contributed by atoms with Crippen LogP contribution in [0.25, 0.3) is 0 Å². The molecule has 0 spiro atoms. The lowest BCUT2D eigenvalue weighted by molar-refractivity contribution is -0.143. The van der Waals surface area contributed by atoms with Crippen LogP contribution in [0.1, 0.15) is 67.3 Å². The third-order valence-electron chi connectivity index (χ3n) is 9.81. The molecule has 270 valence electrons. The van der Waals surface area contributed by atoms with E-state index >= 15 is 0 Å². The minimum absolute atomic E-state index is 0.0343. The molecule has 0 amide bonds. The Morgan fingerprint density at radius 2 is 1.90 bits per heavy atom. The normalized spacial score (nSPS) is 20.4. The van der Waals surface area contributed by atoms with Crippen molar-refractivity contribution < 1.29 is 32.0 Å². The number of ether oxygens (including phenoxy) is 2. The zero-order valence-corrected chi connectivity index (χ0v) is 30.4. The average molecular weight is 715 g/mol. The van der Waals surface area contributed by atoms with Gasteiger partial charge in [-0.15, -0.1) is 0 Å². The van der Waals surface area contributed by atoms with Crippen LogP contribution in [0.15, 0.2) is 100 Å². The van der Waals surface area contributed by atoms with E-state index in [-0.39, 0.29) is 68.4 Å². The molecule has 3 unspecified atom stereocenters. The largest absolute Gasteiger partial charge is 0.489 e. The quantitative estimate of drug-likeness (QED) is 0.186. The Hall–Kier alpha value is -4.52. The molecule has 0 fully saturated rings. The van der Waals surface area contributed by atoms with Gasteiger partial charge in [-0.1, -0.05) is 72.8 Å². The number of hydrogen-bond donors (Lipinski definition) is 1. The zero-order chi connectivity index (χ0) is 36.1. The van der Waals surface area contributed by atoms with E-state index < -0.39 is 10.3 Å². The first-order valence-corrected chi connectivity index (χ1v) is 18.8. The van der Waals surface area contributed by atoms with Crippen LogP contribution in [0.4, 0.5) is 0 Å². The molecule has 1 aliphatic carbocycles. The maximum absolute atomic E-state index is 13.4. The van der Waals surface area contributed by atoms with E-state index in [1.165, 1.54) is 4.31 Å². The number of carbonyl (C=O) groups is 1. The van der Waals surface area contributed by atoms with Gasteiger partial charge in [0.1, 0.15) is 24.1 Å². The number of carbonyl (C=O) groups excluding carboxylic acids is 1. The number of nitrogens with zero attached hydrogens (tertiary/aromatic N) is 4. The Labute approximate surface area is 300 Å². The van der Waals surface area contributed by atoms with Crippen LogP contribution >= 0.6 is 0 Å². The summed E-state index contributed by atoms with van der Waals surface area (Å²) >= 11 is 0. The molecule has 11 nitrogen and oxygen atoms in total. The van der Waals surface area contributed by atoms with E-state index in [1.807, 2.05) is 80.4 Å². The highest BCUT2D eigenvalue weighted by molar-refractivity contribution is 7.84. The highest BCUT2D eigenvalue weighted by atomic mass is 32.2. The number of hydrogen-bond acceptors (Lipinski definition) is 10. The Morgan fingerprint density at radius 3 is 2.67 bits per heavy atom. The Bertz CT molecular complexity index is 1930. The first kappa shape index (κ1) is 36.3. The van der Waals surface area contributed by atoms with Gasteiger partial charge in [0.25, 0.3) is 0 Å². The van der Waals surface area contributed by atoms with Crippen molar-refractivity contribution >= 4 is 16.3 Å². The van der Waals surface area contributed by atoms with Crippen molar-refractivity contribution in [3.8, 4) is 11.5 Å². The van der Waals surface area contributed by atoms with Crippen molar-refractivity contribution in [3.63, 3.8) is 0 Å². The fourth-order valence-electron chi connectivity index (χ4n) is 6.72. The van der Waals surface area contributed by atoms with Crippen LogP contribution < -0.4 is 8.92 Å². The first-order valence-electron chi connectivity index (χ1n) is 17.5. The SMILES string of the molecule is CCOC(=O)CC(C1=C(C)C2N=NN(CC[C@@H](C)CO)C2C=C1)c1ccc(C)c(CN2Cc3cc(OCc4ccccc4)ccc3OS2(=O)=O)c1. The molecule has 1 N–H and O–H groups in total. The molecule has 0 aromatic heterocycles. The van der Waals surface area contributed by atoms with E-state index in [0.29, 0.717) is 24.5 Å². The van der Waals surface area contributed by atoms with Crippen molar-refractivity contribution in [2.45, 2.75) is 78.2 Å². The van der Waals surface area contributed by atoms with E-state index in [9.17, 15) is 18.3 Å². The number of esters is 1. The van der Waals surface area contributed by atoms with E-state index in [2.05, 4.69) is 22.5 Å². The number of aliphatic hydroxyl groups excluding tert-OH is 1. The lowest BCUT2D eigenvalue weighted by Gasteiger charge is -2.31. The summed E-state index contributed by atoms with van der Waals surface area (Å²) in [5.74, 6) is 0.409. The molecule has 51 heavy (non-hydrogen) atoms. The third-order valence-corrected chi connectivity index (χ3v) is 11.1. The molecule has 3 aliphatic rings. The molecule has 3 aromatic rings. The summed E-state index contributed by atoms with van der Waals surface area (Å²) in [7, 11) is -4.08. The van der Waals surface area contributed by atoms with Gasteiger partial charge in [-0.05, 0) is 84.7 Å². The highest BCUT2D eigenvalue weighted by Gasteiger charge is 2.38. The Balaban J connectivity index is 1.24. The van der Waals surface area contributed by atoms with E-state index in [1.54, 1.807) is 19.1 Å². The van der Waals surface area contributed by atoms with Crippen LogP contribution in [0.3, 0.4) is 0 Å². The summed E-state index contributed by atoms with van der Waals surface area (Å²) in [6.45, 7) is 9.44. The van der Waals surface area contributed by atoms with Gasteiger partial charge in [0, 0.05) is 37.7 Å². The molecule has 0 bridgehead atoms. The van der Waals surface area contributed by atoms with Crippen LogP contribution in [-0.2, 0) is 39.5 Å². The predicted octanol–water partition coefficient (Wildman–Crippen LogP) is 6.58. The summed E-state index contributed by atoms with van der Waals surface area (Å²) in [5, 5.41) is 20.5. The third kappa shape index (κ3) is 8.35. The summed E-state index contributed by atoms with van der Waals surface area (Å²) in [5.41, 5.74) is 6.31. The van der Waals surface area contributed by atoms with Gasteiger partial charge in [-0.2, -0.15) is 17.8 Å². The van der Waals surface area contributed by atoms with Crippen molar-refractivity contribution in [1.82, 2.24) is 9.31 Å². The monoisotopic (exact) mass is 714 g/mol. The van der Waals surface area contributed by atoms with Crippen LogP contribution in [0.2, 0.25) is 0 Å². The van der Waals surface area contributed by atoms with Crippen LogP contribution in [0.5, 0.6) is 11.5 Å². The molecule has 2 heterocycles. The first-order chi connectivity index (χ1) is 24.6. The summed E-state index contributed by atoms with van der Waals surface area (Å²) in [6.07, 6.45) is 5.07. The van der Waals surface area contributed by atoms with E-state index in [0.717, 1.165) is 39.8 Å². The number of aryl methyl sites for hydroxylation is 1. The fourth-order valence-corrected chi connectivity index (χ4v) is 7.81. The fraction of sp³-hybridized carbons (Fsp3) is 0.410. The highest BCUT2D eigenvalue weighted by Crippen LogP contribution is 2.40. The van der Waals surface area contributed by atoms with Gasteiger partial charge in [0.2, 0.25) is 0 Å². The molecule has 4 atom stereocenters. The van der Waals surface area contributed by atoms with E-state index in [4.69, 9.17) is 13.7 Å². The molecule has 3 aromatic carbocycles. The Kier molecular flexibility index (Phi) is 11.2. The predicted molar refractivity (Wildman–Crippen MR) is 193 cm³/mol. The second kappa shape index (κ2) is 15.8. The smallest absolute Gasteiger partial charge is 0.385 e. The number of benzene rings is 3. The molecule has 0 radical (unpaired) electrons. The second-order valence-corrected chi connectivity index (χ2v) is 15.0. The molecule has 2 aliphatic heterocycles. The summed E-state index contributed by atoms with van der Waals surface area (Å²) < 4.78 is 45.0. The van der Waals surface area contributed by atoms with Gasteiger partial charge in [0.15, 0.2) is 0 Å². The van der Waals surface area contributed by atoms with Gasteiger partial charge >= 0.3 is 16.3 Å². The number of fused-ring (bicyclic) bond motifs is 2. The molecule has 12 heteroatoms. The van der Waals surface area contributed by atoms with Crippen molar-refractivity contribution in [2.24, 2.45) is 16.3 Å². The molecule has 0 saturated heterocycles. The van der Waals surface area contributed by atoms with Gasteiger partial charge in [0.05, 0.1) is 19.1 Å². The lowest BCUT2D eigenvalue weighted by atomic mass is 9.79. The summed E-state index contributed by atoms with van der Waals surface area (Å²) in [6, 6.07) is 20.7.